The molecular weight excluding hydrogens is 440 g/mol. The Balaban J connectivity index is 1.28. The summed E-state index contributed by atoms with van der Waals surface area (Å²) in [6, 6.07) is 21.5. The number of carboxylic acids is 1. The number of carbonyl (C=O) groups excluding carboxylic acids is 1. The zero-order valence-electron chi connectivity index (χ0n) is 19.9. The first-order valence-electron chi connectivity index (χ1n) is 12.4. The molecule has 3 aromatic carbocycles. The molecule has 1 aliphatic rings. The molecule has 180 valence electrons. The van der Waals surface area contributed by atoms with Gasteiger partial charge in [-0.25, -0.2) is 0 Å². The van der Waals surface area contributed by atoms with Gasteiger partial charge in [0, 0.05) is 23.7 Å². The molecule has 0 aliphatic heterocycles. The SMILES string of the molecule is CCCc1cc(Oc2ccccc2)ccc1OCCc1cc2c3c(ccc2o1)C(C(=O)[O-])CCC3. The van der Waals surface area contributed by atoms with Gasteiger partial charge >= 0.3 is 0 Å². The predicted octanol–water partition coefficient (Wildman–Crippen LogP) is 5.97. The third-order valence-electron chi connectivity index (χ3n) is 6.62. The highest BCUT2D eigenvalue weighted by Gasteiger charge is 2.24. The first-order valence-corrected chi connectivity index (χ1v) is 12.4. The van der Waals surface area contributed by atoms with E-state index in [9.17, 15) is 9.90 Å². The van der Waals surface area contributed by atoms with Crippen molar-refractivity contribution in [3.8, 4) is 17.2 Å². The number of hydrogen-bond acceptors (Lipinski definition) is 5. The maximum atomic E-state index is 11.6. The Labute approximate surface area is 205 Å². The quantitative estimate of drug-likeness (QED) is 0.302. The van der Waals surface area contributed by atoms with Gasteiger partial charge < -0.3 is 23.8 Å². The fourth-order valence-corrected chi connectivity index (χ4v) is 4.96. The second-order valence-corrected chi connectivity index (χ2v) is 9.05. The summed E-state index contributed by atoms with van der Waals surface area (Å²) in [5.41, 5.74) is 3.87. The predicted molar refractivity (Wildman–Crippen MR) is 133 cm³/mol. The molecule has 0 radical (unpaired) electrons. The normalized spacial score (nSPS) is 15.1. The number of rotatable bonds is 9. The molecule has 0 saturated carbocycles. The fourth-order valence-electron chi connectivity index (χ4n) is 4.96. The number of aryl methyl sites for hydroxylation is 2. The monoisotopic (exact) mass is 469 g/mol. The van der Waals surface area contributed by atoms with E-state index in [1.807, 2.05) is 66.7 Å². The lowest BCUT2D eigenvalue weighted by Gasteiger charge is -2.26. The molecule has 4 aromatic rings. The highest BCUT2D eigenvalue weighted by Crippen LogP contribution is 2.37. The standard InChI is InChI=1S/C30H30O5/c1-2-7-20-18-22(34-21-8-4-3-5-9-21)12-14-28(20)33-17-16-23-19-27-24-10-6-11-26(30(31)32)25(24)13-15-29(27)35-23/h3-5,8-9,12-15,18-19,26H,2,6-7,10-11,16-17H2,1H3,(H,31,32)/p-1. The minimum Gasteiger partial charge on any atom is -0.549 e. The number of aliphatic carboxylic acids is 1. The summed E-state index contributed by atoms with van der Waals surface area (Å²) in [5, 5.41) is 12.6. The fraction of sp³-hybridized carbons (Fsp3) is 0.300. The molecule has 1 aliphatic carbocycles. The van der Waals surface area contributed by atoms with Crippen LogP contribution in [0.2, 0.25) is 0 Å². The van der Waals surface area contributed by atoms with Crippen molar-refractivity contribution >= 4 is 16.9 Å². The molecule has 1 atom stereocenters. The van der Waals surface area contributed by atoms with Crippen molar-refractivity contribution in [1.82, 2.24) is 0 Å². The second-order valence-electron chi connectivity index (χ2n) is 9.05. The van der Waals surface area contributed by atoms with Gasteiger partial charge in [-0.1, -0.05) is 37.6 Å². The smallest absolute Gasteiger partial charge is 0.134 e. The summed E-state index contributed by atoms with van der Waals surface area (Å²) in [7, 11) is 0. The Morgan fingerprint density at radius 2 is 1.89 bits per heavy atom. The summed E-state index contributed by atoms with van der Waals surface area (Å²) in [4.78, 5) is 11.6. The Morgan fingerprint density at radius 3 is 2.69 bits per heavy atom. The lowest BCUT2D eigenvalue weighted by atomic mass is 9.81. The summed E-state index contributed by atoms with van der Waals surface area (Å²) in [5.74, 6) is 1.77. The average Bonchev–Trinajstić information content (AvgIpc) is 3.29. The van der Waals surface area contributed by atoms with Gasteiger partial charge in [0.05, 0.1) is 6.61 Å². The number of benzene rings is 3. The molecule has 5 rings (SSSR count). The van der Waals surface area contributed by atoms with Gasteiger partial charge in [0.1, 0.15) is 28.6 Å². The Morgan fingerprint density at radius 1 is 1.03 bits per heavy atom. The Bertz CT molecular complexity index is 1320. The van der Waals surface area contributed by atoms with Gasteiger partial charge in [-0.15, -0.1) is 0 Å². The molecule has 1 heterocycles. The van der Waals surface area contributed by atoms with Gasteiger partial charge in [-0.2, -0.15) is 0 Å². The van der Waals surface area contributed by atoms with E-state index < -0.39 is 11.9 Å². The minimum atomic E-state index is -0.995. The second kappa shape index (κ2) is 10.3. The number of fused-ring (bicyclic) bond motifs is 3. The molecule has 1 unspecified atom stereocenters. The molecule has 0 fully saturated rings. The van der Waals surface area contributed by atoms with Crippen LogP contribution in [0.25, 0.3) is 11.0 Å². The highest BCUT2D eigenvalue weighted by atomic mass is 16.5. The van der Waals surface area contributed by atoms with Crippen LogP contribution >= 0.6 is 0 Å². The van der Waals surface area contributed by atoms with Crippen LogP contribution in [0.15, 0.2) is 71.1 Å². The summed E-state index contributed by atoms with van der Waals surface area (Å²) in [6.07, 6.45) is 4.88. The van der Waals surface area contributed by atoms with Crippen LogP contribution in [-0.2, 0) is 24.1 Å². The maximum absolute atomic E-state index is 11.6. The van der Waals surface area contributed by atoms with Crippen LogP contribution in [0.1, 0.15) is 54.6 Å². The van der Waals surface area contributed by atoms with E-state index >= 15 is 0 Å². The van der Waals surface area contributed by atoms with Crippen LogP contribution < -0.4 is 14.6 Å². The number of para-hydroxylation sites is 1. The van der Waals surface area contributed by atoms with Gasteiger partial charge in [-0.3, -0.25) is 0 Å². The van der Waals surface area contributed by atoms with Gasteiger partial charge in [0.15, 0.2) is 0 Å². The molecule has 0 N–H and O–H groups in total. The van der Waals surface area contributed by atoms with Crippen molar-refractivity contribution < 1.29 is 23.8 Å². The molecule has 5 nitrogen and oxygen atoms in total. The van der Waals surface area contributed by atoms with Crippen molar-refractivity contribution in [2.75, 3.05) is 6.61 Å². The third kappa shape index (κ3) is 5.04. The Hall–Kier alpha value is -3.73. The van der Waals surface area contributed by atoms with Crippen molar-refractivity contribution in [3.63, 3.8) is 0 Å². The topological polar surface area (TPSA) is 71.7 Å². The van der Waals surface area contributed by atoms with E-state index in [0.29, 0.717) is 19.4 Å². The van der Waals surface area contributed by atoms with Crippen molar-refractivity contribution in [1.29, 1.82) is 0 Å². The van der Waals surface area contributed by atoms with Crippen LogP contribution in [0.3, 0.4) is 0 Å². The van der Waals surface area contributed by atoms with Crippen molar-refractivity contribution in [2.24, 2.45) is 0 Å². The van der Waals surface area contributed by atoms with E-state index in [0.717, 1.165) is 76.4 Å². The molecule has 0 amide bonds. The lowest BCUT2D eigenvalue weighted by Crippen LogP contribution is -2.31. The summed E-state index contributed by atoms with van der Waals surface area (Å²) in [6.45, 7) is 2.63. The highest BCUT2D eigenvalue weighted by molar-refractivity contribution is 5.86. The van der Waals surface area contributed by atoms with Gasteiger partial charge in [0.2, 0.25) is 0 Å². The molecule has 0 saturated heterocycles. The number of furan rings is 1. The molecule has 0 bridgehead atoms. The van der Waals surface area contributed by atoms with E-state index in [1.165, 1.54) is 0 Å². The van der Waals surface area contributed by atoms with E-state index in [4.69, 9.17) is 13.9 Å². The van der Waals surface area contributed by atoms with Gasteiger partial charge in [-0.05, 0) is 84.8 Å². The number of hydrogen-bond donors (Lipinski definition) is 0. The van der Waals surface area contributed by atoms with Crippen LogP contribution in [0.4, 0.5) is 0 Å². The largest absolute Gasteiger partial charge is 0.549 e. The number of carboxylic acid groups (broad SMARTS) is 1. The van der Waals surface area contributed by atoms with Crippen molar-refractivity contribution in [2.45, 2.75) is 51.4 Å². The summed E-state index contributed by atoms with van der Waals surface area (Å²) >= 11 is 0. The summed E-state index contributed by atoms with van der Waals surface area (Å²) < 4.78 is 18.2. The zero-order valence-corrected chi connectivity index (χ0v) is 19.9. The minimum absolute atomic E-state index is 0.485. The lowest BCUT2D eigenvalue weighted by molar-refractivity contribution is -0.308. The van der Waals surface area contributed by atoms with Gasteiger partial charge in [0.25, 0.3) is 0 Å². The molecular formula is C30H29O5-. The molecule has 5 heteroatoms. The maximum Gasteiger partial charge on any atom is 0.134 e. The molecule has 35 heavy (non-hydrogen) atoms. The van der Waals surface area contributed by atoms with E-state index in [-0.39, 0.29) is 0 Å². The average molecular weight is 470 g/mol. The zero-order chi connectivity index (χ0) is 24.2. The Kier molecular flexibility index (Phi) is 6.75. The molecule has 0 spiro atoms. The first kappa shape index (κ1) is 23.0. The van der Waals surface area contributed by atoms with Crippen molar-refractivity contribution in [3.05, 3.63) is 89.2 Å². The first-order chi connectivity index (χ1) is 17.1. The number of carbonyl (C=O) groups is 1. The van der Waals surface area contributed by atoms with Crippen LogP contribution in [-0.4, -0.2) is 12.6 Å². The third-order valence-corrected chi connectivity index (χ3v) is 6.62. The van der Waals surface area contributed by atoms with E-state index in [2.05, 4.69) is 6.92 Å². The van der Waals surface area contributed by atoms with Crippen LogP contribution in [0.5, 0.6) is 17.2 Å². The number of ether oxygens (including phenoxy) is 2. The van der Waals surface area contributed by atoms with E-state index in [1.54, 1.807) is 0 Å². The van der Waals surface area contributed by atoms with Crippen LogP contribution in [0, 0.1) is 0 Å². The molecule has 1 aromatic heterocycles.